The molecule has 0 unspecified atom stereocenters. The van der Waals surface area contributed by atoms with E-state index in [9.17, 15) is 22.8 Å². The Morgan fingerprint density at radius 3 is 2.01 bits per heavy atom. The standard InChI is InChI=1S/C50H40F3N4O.C11H7FN.Ir/c1-27(2)39-21-32(29-13-16-33(17-14-29)49(5,6)7)22-40(28(3)4)45(39)57-44-25-42-31(12-11-30-15-18-34(24-41(30)42)50(51,52)53)23-43(44)56-47(57)38-10-8-9-36-37-20-19-35(26-54)55-48(37)58-46(36)38;12-10-6-4-9(5-7-10)11-3-1-2-8-13-11;/h8-9,11-25,27-28H,1-7H3;1-4,6-8H;/q2*-1;. The maximum absolute atomic E-state index is 14.1. The van der Waals surface area contributed by atoms with E-state index in [0.717, 1.165) is 66.9 Å². The summed E-state index contributed by atoms with van der Waals surface area (Å²) in [5, 5.41) is 13.8. The molecule has 0 amide bonds. The average Bonchev–Trinajstić information content (AvgIpc) is 3.93. The van der Waals surface area contributed by atoms with Crippen LogP contribution in [0.3, 0.4) is 0 Å². The number of aromatic nitrogens is 4. The number of fused-ring (bicyclic) bond motifs is 7. The van der Waals surface area contributed by atoms with Crippen LogP contribution in [0.2, 0.25) is 0 Å². The number of halogens is 4. The minimum absolute atomic E-state index is 0. The zero-order chi connectivity index (χ0) is 49.9. The Kier molecular flexibility index (Phi) is 13.2. The molecule has 6 nitrogen and oxygen atoms in total. The molecule has 0 spiro atoms. The zero-order valence-electron chi connectivity index (χ0n) is 40.5. The predicted octanol–water partition coefficient (Wildman–Crippen LogP) is 16.9. The van der Waals surface area contributed by atoms with Gasteiger partial charge in [0, 0.05) is 43.2 Å². The maximum Gasteiger partial charge on any atom is 0.416 e. The number of nitrogens with zero attached hydrogens (tertiary/aromatic N) is 5. The normalized spacial score (nSPS) is 11.9. The van der Waals surface area contributed by atoms with E-state index in [1.807, 2.05) is 60.7 Å². The molecule has 0 saturated heterocycles. The van der Waals surface area contributed by atoms with E-state index in [1.54, 1.807) is 18.3 Å². The molecule has 4 aromatic heterocycles. The van der Waals surface area contributed by atoms with Gasteiger partial charge in [-0.1, -0.05) is 114 Å². The van der Waals surface area contributed by atoms with E-state index in [1.165, 1.54) is 29.8 Å². The van der Waals surface area contributed by atoms with Crippen molar-refractivity contribution in [3.05, 3.63) is 192 Å². The molecule has 11 aromatic rings. The molecular weight excluding hydrogens is 1090 g/mol. The molecule has 361 valence electrons. The number of benzene rings is 7. The molecule has 1 radical (unpaired) electrons. The molecule has 0 atom stereocenters. The summed E-state index contributed by atoms with van der Waals surface area (Å²) < 4.78 is 63.5. The van der Waals surface area contributed by atoms with E-state index in [0.29, 0.717) is 44.4 Å². The van der Waals surface area contributed by atoms with Gasteiger partial charge in [-0.05, 0) is 127 Å². The van der Waals surface area contributed by atoms with Gasteiger partial charge in [-0.25, -0.2) is 4.98 Å². The van der Waals surface area contributed by atoms with Gasteiger partial charge < -0.3 is 14.0 Å². The van der Waals surface area contributed by atoms with Gasteiger partial charge in [0.1, 0.15) is 11.8 Å². The molecule has 11 heteroatoms. The third-order valence-electron chi connectivity index (χ3n) is 13.0. The molecule has 7 aromatic carbocycles. The number of hydrogen-bond donors (Lipinski definition) is 0. The second-order valence-corrected chi connectivity index (χ2v) is 19.5. The van der Waals surface area contributed by atoms with Crippen molar-refractivity contribution in [3.63, 3.8) is 0 Å². The van der Waals surface area contributed by atoms with E-state index < -0.39 is 11.7 Å². The Morgan fingerprint density at radius 2 is 1.38 bits per heavy atom. The van der Waals surface area contributed by atoms with Crippen molar-refractivity contribution < 1.29 is 42.1 Å². The molecule has 0 saturated carbocycles. The fourth-order valence-corrected chi connectivity index (χ4v) is 9.28. The first-order chi connectivity index (χ1) is 34.0. The molecule has 72 heavy (non-hydrogen) atoms. The van der Waals surface area contributed by atoms with Gasteiger partial charge in [0.05, 0.1) is 28.0 Å². The first kappa shape index (κ1) is 49.5. The Hall–Kier alpha value is -7.51. The Bertz CT molecular complexity index is 3830. The quantitative estimate of drug-likeness (QED) is 0.0941. The van der Waals surface area contributed by atoms with Crippen molar-refractivity contribution in [3.8, 4) is 45.5 Å². The van der Waals surface area contributed by atoms with Crippen LogP contribution in [-0.4, -0.2) is 19.5 Å². The molecule has 0 aliphatic carbocycles. The van der Waals surface area contributed by atoms with Gasteiger partial charge in [0.2, 0.25) is 5.71 Å². The Balaban J connectivity index is 0.000000396. The van der Waals surface area contributed by atoms with Gasteiger partial charge >= 0.3 is 6.18 Å². The van der Waals surface area contributed by atoms with Crippen molar-refractivity contribution >= 4 is 54.6 Å². The molecule has 0 N–H and O–H groups in total. The maximum atomic E-state index is 14.1. The van der Waals surface area contributed by atoms with Crippen LogP contribution < -0.4 is 0 Å². The molecule has 0 aliphatic heterocycles. The van der Waals surface area contributed by atoms with Crippen LogP contribution in [-0.2, 0) is 31.7 Å². The van der Waals surface area contributed by atoms with Crippen molar-refractivity contribution in [1.29, 1.82) is 5.26 Å². The first-order valence-corrected chi connectivity index (χ1v) is 23.4. The summed E-state index contributed by atoms with van der Waals surface area (Å²) in [5.41, 5.74) is 10.7. The third-order valence-corrected chi connectivity index (χ3v) is 13.0. The molecule has 11 rings (SSSR count). The SMILES string of the molecule is CC(C)c1cc(-c2ccc(C(C)(C)C)cc2)cc(C(C)C)c1-n1c(-c2[c-]ccc3c2oc2nc(C#N)ccc23)nc2cc3ccc4ccc(C(F)(F)F)cc4c3cc21.Fc1c[c-]c(-c2ccccn2)cc1.[Ir]. The largest absolute Gasteiger partial charge is 0.486 e. The van der Waals surface area contributed by atoms with Gasteiger partial charge in [-0.2, -0.15) is 18.4 Å². The van der Waals surface area contributed by atoms with Crippen molar-refractivity contribution in [2.75, 3.05) is 0 Å². The second kappa shape index (κ2) is 19.2. The van der Waals surface area contributed by atoms with Gasteiger partial charge in [0.25, 0.3) is 0 Å². The van der Waals surface area contributed by atoms with E-state index in [2.05, 4.69) is 118 Å². The molecular formula is C61H47F4IrN5O-2. The summed E-state index contributed by atoms with van der Waals surface area (Å²) in [4.78, 5) is 13.9. The topological polar surface area (TPSA) is 80.5 Å². The number of furan rings is 1. The number of nitriles is 1. The number of hydrogen-bond acceptors (Lipinski definition) is 5. The minimum Gasteiger partial charge on any atom is -0.486 e. The monoisotopic (exact) mass is 1130 g/mol. The first-order valence-electron chi connectivity index (χ1n) is 23.4. The van der Waals surface area contributed by atoms with Crippen LogP contribution in [0.5, 0.6) is 0 Å². The predicted molar refractivity (Wildman–Crippen MR) is 276 cm³/mol. The summed E-state index contributed by atoms with van der Waals surface area (Å²) >= 11 is 0. The summed E-state index contributed by atoms with van der Waals surface area (Å²) in [5.74, 6) is 0.435. The Morgan fingerprint density at radius 1 is 0.681 bits per heavy atom. The van der Waals surface area contributed by atoms with Crippen LogP contribution in [0, 0.1) is 29.3 Å². The molecule has 0 bridgehead atoms. The van der Waals surface area contributed by atoms with Crippen molar-refractivity contribution in [1.82, 2.24) is 19.5 Å². The fourth-order valence-electron chi connectivity index (χ4n) is 9.28. The van der Waals surface area contributed by atoms with Crippen molar-refractivity contribution in [2.24, 2.45) is 0 Å². The van der Waals surface area contributed by atoms with Crippen LogP contribution in [0.15, 0.2) is 150 Å². The average molecular weight is 1130 g/mol. The van der Waals surface area contributed by atoms with E-state index in [-0.39, 0.29) is 48.9 Å². The number of pyridine rings is 2. The summed E-state index contributed by atoms with van der Waals surface area (Å²) in [6.07, 6.45) is -2.79. The van der Waals surface area contributed by atoms with E-state index in [4.69, 9.17) is 9.40 Å². The molecule has 0 fully saturated rings. The van der Waals surface area contributed by atoms with Gasteiger partial charge in [-0.15, -0.1) is 48.0 Å². The van der Waals surface area contributed by atoms with E-state index >= 15 is 0 Å². The Labute approximate surface area is 428 Å². The summed E-state index contributed by atoms with van der Waals surface area (Å²) in [7, 11) is 0. The van der Waals surface area contributed by atoms with Crippen LogP contribution in [0.4, 0.5) is 17.6 Å². The fraction of sp³-hybridized carbons (Fsp3) is 0.180. The van der Waals surface area contributed by atoms with Crippen molar-refractivity contribution in [2.45, 2.75) is 71.9 Å². The van der Waals surface area contributed by atoms with Gasteiger partial charge in [0.15, 0.2) is 0 Å². The number of imidazole rings is 1. The van der Waals surface area contributed by atoms with Crippen LogP contribution >= 0.6 is 0 Å². The zero-order valence-corrected chi connectivity index (χ0v) is 42.9. The second-order valence-electron chi connectivity index (χ2n) is 19.5. The molecule has 4 heterocycles. The van der Waals surface area contributed by atoms with Crippen LogP contribution in [0.1, 0.15) is 88.2 Å². The minimum atomic E-state index is -4.49. The van der Waals surface area contributed by atoms with Crippen LogP contribution in [0.25, 0.3) is 94.1 Å². The van der Waals surface area contributed by atoms with Gasteiger partial charge in [-0.3, -0.25) is 9.37 Å². The summed E-state index contributed by atoms with van der Waals surface area (Å²) in [6, 6.07) is 50.6. The summed E-state index contributed by atoms with van der Waals surface area (Å²) in [6.45, 7) is 15.4. The number of rotatable bonds is 6. The third kappa shape index (κ3) is 9.29. The molecule has 0 aliphatic rings. The smallest absolute Gasteiger partial charge is 0.416 e. The number of alkyl halides is 3.